The van der Waals surface area contributed by atoms with E-state index in [0.29, 0.717) is 0 Å². The Bertz CT molecular complexity index is 150. The third-order valence-electron chi connectivity index (χ3n) is 0.323. The fourth-order valence-electron chi connectivity index (χ4n) is 0. The molecule has 0 saturated heterocycles. The molecule has 17 heavy (non-hydrogen) atoms. The summed E-state index contributed by atoms with van der Waals surface area (Å²) in [5.74, 6) is 0. The van der Waals surface area contributed by atoms with Crippen molar-refractivity contribution in [3.05, 3.63) is 0 Å². The highest BCUT2D eigenvalue weighted by atomic mass is 35.6. The molecular formula is C6H11Cl6F2NS2-2. The minimum Gasteiger partial charge on any atom is -1.00 e. The van der Waals surface area contributed by atoms with Crippen molar-refractivity contribution in [1.82, 2.24) is 0 Å². The molecule has 110 valence electrons. The third-order valence-corrected chi connectivity index (χ3v) is 2.36. The van der Waals surface area contributed by atoms with Crippen LogP contribution in [0.1, 0.15) is 7.43 Å². The van der Waals surface area contributed by atoms with E-state index in [1.807, 2.05) is 5.40 Å². The van der Waals surface area contributed by atoms with Gasteiger partial charge in [-0.05, 0) is 24.3 Å². The Kier molecular flexibility index (Phi) is 56.4. The predicted octanol–water partition coefficient (Wildman–Crippen LogP) is 0.138. The van der Waals surface area contributed by atoms with Crippen LogP contribution in [-0.2, 0) is 0 Å². The standard InChI is InChI=1S/C2H3Cl3S.C2H3NS.CHCl3.CH4.2FH/c1-6-2(3,4)5;1-4-2-3;2-1(3)4;;;/h1H3;1H3;1H;1H4;2*1H/p-2. The molecule has 1 nitrogen and oxygen atoms in total. The topological polar surface area (TPSA) is 23.8 Å². The molecular weight excluding hydrogens is 401 g/mol. The van der Waals surface area contributed by atoms with Crippen LogP contribution in [0, 0.1) is 10.7 Å². The molecule has 0 aromatic rings. The summed E-state index contributed by atoms with van der Waals surface area (Å²) in [5, 5.41) is 9.44. The molecule has 0 rings (SSSR count). The summed E-state index contributed by atoms with van der Waals surface area (Å²) in [5.41, 5.74) is 0. The van der Waals surface area contributed by atoms with Gasteiger partial charge in [0.25, 0.3) is 0 Å². The van der Waals surface area contributed by atoms with E-state index in [4.69, 9.17) is 74.9 Å². The van der Waals surface area contributed by atoms with E-state index in [0.717, 1.165) is 11.8 Å². The summed E-state index contributed by atoms with van der Waals surface area (Å²) < 4.78 is -1.87. The smallest absolute Gasteiger partial charge is 0.237 e. The molecule has 0 aliphatic carbocycles. The van der Waals surface area contributed by atoms with Crippen molar-refractivity contribution in [2.45, 2.75) is 14.8 Å². The van der Waals surface area contributed by atoms with E-state index in [-0.39, 0.29) is 16.8 Å². The highest BCUT2D eigenvalue weighted by molar-refractivity contribution is 8.04. The third kappa shape index (κ3) is 132. The average Bonchev–Trinajstić information content (AvgIpc) is 2.03. The highest BCUT2D eigenvalue weighted by Crippen LogP contribution is 2.36. The summed E-state index contributed by atoms with van der Waals surface area (Å²) in [4.78, 5) is 0. The van der Waals surface area contributed by atoms with Crippen molar-refractivity contribution >= 4 is 93.1 Å². The SMILES string of the molecule is C.CSC#N.CSC(Cl)(Cl)Cl.ClC(Cl)Cl.[F-].[F-]. The molecule has 0 aliphatic heterocycles. The first-order valence-electron chi connectivity index (χ1n) is 2.67. The fraction of sp³-hybridized carbons (Fsp3) is 0.833. The van der Waals surface area contributed by atoms with Crippen molar-refractivity contribution in [2.24, 2.45) is 0 Å². The number of hydrogen-bond acceptors (Lipinski definition) is 3. The Hall–Kier alpha value is 1.79. The summed E-state index contributed by atoms with van der Waals surface area (Å²) in [6.07, 6.45) is 3.47. The summed E-state index contributed by atoms with van der Waals surface area (Å²) in [6.45, 7) is 0. The maximum absolute atomic E-state index is 7.59. The Morgan fingerprint density at radius 1 is 1.06 bits per heavy atom. The van der Waals surface area contributed by atoms with Crippen LogP contribution < -0.4 is 9.41 Å². The molecule has 0 aromatic carbocycles. The summed E-state index contributed by atoms with van der Waals surface area (Å²) >= 11 is 32.4. The molecule has 0 fully saturated rings. The maximum Gasteiger partial charge on any atom is 0.237 e. The van der Waals surface area contributed by atoms with Crippen molar-refractivity contribution in [3.8, 4) is 5.40 Å². The van der Waals surface area contributed by atoms with E-state index in [1.165, 1.54) is 11.8 Å². The van der Waals surface area contributed by atoms with Crippen LogP contribution in [0.3, 0.4) is 0 Å². The van der Waals surface area contributed by atoms with Gasteiger partial charge in [0.05, 0.1) is 0 Å². The fourth-order valence-corrected chi connectivity index (χ4v) is 0. The number of thiocyanates is 1. The van der Waals surface area contributed by atoms with E-state index in [2.05, 4.69) is 0 Å². The second kappa shape index (κ2) is 26.4. The van der Waals surface area contributed by atoms with Crippen molar-refractivity contribution in [1.29, 1.82) is 5.26 Å². The molecule has 0 aliphatic rings. The van der Waals surface area contributed by atoms with Gasteiger partial charge in [-0.2, -0.15) is 5.26 Å². The van der Waals surface area contributed by atoms with Crippen LogP contribution in [0.4, 0.5) is 0 Å². The molecule has 0 atom stereocenters. The Balaban J connectivity index is -0.0000000252. The van der Waals surface area contributed by atoms with Gasteiger partial charge >= 0.3 is 0 Å². The minimum atomic E-state index is -1.12. The second-order valence-corrected chi connectivity index (χ2v) is 7.74. The Morgan fingerprint density at radius 2 is 1.18 bits per heavy atom. The van der Waals surface area contributed by atoms with Crippen LogP contribution in [-0.4, -0.2) is 19.9 Å². The molecule has 0 aromatic heterocycles. The minimum absolute atomic E-state index is 0. The molecule has 0 N–H and O–H groups in total. The van der Waals surface area contributed by atoms with Crippen molar-refractivity contribution in [3.63, 3.8) is 0 Å². The summed E-state index contributed by atoms with van der Waals surface area (Å²) in [7, 11) is 0. The number of thioether (sulfide) groups is 2. The van der Waals surface area contributed by atoms with E-state index < -0.39 is 7.42 Å². The van der Waals surface area contributed by atoms with Gasteiger partial charge in [-0.3, -0.25) is 0 Å². The molecule has 0 unspecified atom stereocenters. The van der Waals surface area contributed by atoms with Gasteiger partial charge in [0.2, 0.25) is 3.12 Å². The quantitative estimate of drug-likeness (QED) is 0.418. The zero-order valence-corrected chi connectivity index (χ0v) is 14.0. The second-order valence-electron chi connectivity index (χ2n) is 1.19. The van der Waals surface area contributed by atoms with Crippen LogP contribution in [0.25, 0.3) is 0 Å². The largest absolute Gasteiger partial charge is 1.00 e. The molecule has 0 radical (unpaired) electrons. The first-order chi connectivity index (χ1) is 6.21. The lowest BCUT2D eigenvalue weighted by Gasteiger charge is -2.02. The number of halogens is 8. The van der Waals surface area contributed by atoms with Gasteiger partial charge < -0.3 is 9.41 Å². The van der Waals surface area contributed by atoms with Crippen molar-refractivity contribution < 1.29 is 9.41 Å². The maximum atomic E-state index is 7.59. The van der Waals surface area contributed by atoms with E-state index >= 15 is 0 Å². The zero-order chi connectivity index (χ0) is 12.2. The van der Waals surface area contributed by atoms with Crippen LogP contribution in [0.5, 0.6) is 0 Å². The van der Waals surface area contributed by atoms with Gasteiger partial charge in [-0.1, -0.05) is 77.0 Å². The number of rotatable bonds is 0. The van der Waals surface area contributed by atoms with Crippen molar-refractivity contribution in [2.75, 3.05) is 12.5 Å². The monoisotopic (exact) mass is 409 g/mol. The van der Waals surface area contributed by atoms with Crippen LogP contribution in [0.2, 0.25) is 0 Å². The predicted molar refractivity (Wildman–Crippen MR) is 81.0 cm³/mol. The van der Waals surface area contributed by atoms with Gasteiger partial charge in [-0.25, -0.2) is 0 Å². The first kappa shape index (κ1) is 36.4. The molecule has 0 bridgehead atoms. The molecule has 0 spiro atoms. The lowest BCUT2D eigenvalue weighted by atomic mass is 11.8. The first-order valence-corrected chi connectivity index (χ1v) is 7.56. The number of alkyl halides is 6. The lowest BCUT2D eigenvalue weighted by molar-refractivity contribution is -0.001000. The number of hydrogen-bond donors (Lipinski definition) is 0. The normalized spacial score (nSPS) is 7.53. The lowest BCUT2D eigenvalue weighted by Crippen LogP contribution is -3.00. The highest BCUT2D eigenvalue weighted by Gasteiger charge is 2.15. The van der Waals surface area contributed by atoms with Crippen LogP contribution in [0.15, 0.2) is 0 Å². The Morgan fingerprint density at radius 3 is 1.18 bits per heavy atom. The average molecular weight is 412 g/mol. The van der Waals surface area contributed by atoms with E-state index in [9.17, 15) is 0 Å². The molecule has 11 heteroatoms. The zero-order valence-electron chi connectivity index (χ0n) is 7.86. The van der Waals surface area contributed by atoms with Gasteiger partial charge in [0, 0.05) is 0 Å². The number of nitriles is 1. The van der Waals surface area contributed by atoms with Gasteiger partial charge in [0.15, 0.2) is 4.30 Å². The van der Waals surface area contributed by atoms with Gasteiger partial charge in [-0.15, -0.1) is 11.8 Å². The molecule has 0 amide bonds. The number of nitrogens with zero attached hydrogens (tertiary/aromatic N) is 1. The van der Waals surface area contributed by atoms with Gasteiger partial charge in [0.1, 0.15) is 5.40 Å². The molecule has 0 saturated carbocycles. The molecule has 0 heterocycles. The summed E-state index contributed by atoms with van der Waals surface area (Å²) in [6, 6.07) is 0. The Labute approximate surface area is 139 Å². The van der Waals surface area contributed by atoms with Crippen LogP contribution >= 0.6 is 93.1 Å². The van der Waals surface area contributed by atoms with E-state index in [1.54, 1.807) is 12.5 Å².